The molecule has 1 unspecified atom stereocenters. The molecule has 5 aromatic rings. The lowest BCUT2D eigenvalue weighted by Crippen LogP contribution is -2.19. The molecule has 0 saturated heterocycles. The monoisotopic (exact) mass is 595 g/mol. The number of carbonyl (C=O) groups is 3. The predicted molar refractivity (Wildman–Crippen MR) is 166 cm³/mol. The average Bonchev–Trinajstić information content (AvgIpc) is 3.48. The SMILES string of the molecule is COc1ccc(-c2csc(NC(=O)C(Sc3cccc(NC(=O)c4ccccc4C(=O)O)c3)c3ccccc3)n2)cc1. The van der Waals surface area contributed by atoms with Crippen molar-refractivity contribution in [1.82, 2.24) is 4.98 Å². The summed E-state index contributed by atoms with van der Waals surface area (Å²) in [6.07, 6.45) is 0. The lowest BCUT2D eigenvalue weighted by atomic mass is 10.1. The van der Waals surface area contributed by atoms with E-state index in [4.69, 9.17) is 4.74 Å². The van der Waals surface area contributed by atoms with Gasteiger partial charge in [-0.15, -0.1) is 23.1 Å². The van der Waals surface area contributed by atoms with Crippen LogP contribution in [0.5, 0.6) is 5.75 Å². The van der Waals surface area contributed by atoms with Crippen molar-refractivity contribution < 1.29 is 24.2 Å². The second-order valence-corrected chi connectivity index (χ2v) is 11.0. The summed E-state index contributed by atoms with van der Waals surface area (Å²) >= 11 is 2.67. The van der Waals surface area contributed by atoms with Gasteiger partial charge in [0.15, 0.2) is 5.13 Å². The molecule has 5 rings (SSSR count). The first-order chi connectivity index (χ1) is 20.4. The van der Waals surface area contributed by atoms with Gasteiger partial charge in [0.25, 0.3) is 5.91 Å². The van der Waals surface area contributed by atoms with Gasteiger partial charge in [0, 0.05) is 21.5 Å². The van der Waals surface area contributed by atoms with Gasteiger partial charge < -0.3 is 20.5 Å². The van der Waals surface area contributed by atoms with E-state index in [2.05, 4.69) is 15.6 Å². The first-order valence-electron chi connectivity index (χ1n) is 12.8. The largest absolute Gasteiger partial charge is 0.497 e. The third-order valence-corrected chi connectivity index (χ3v) is 8.21. The minimum atomic E-state index is -1.18. The Morgan fingerprint density at radius 3 is 2.29 bits per heavy atom. The summed E-state index contributed by atoms with van der Waals surface area (Å²) in [7, 11) is 1.61. The van der Waals surface area contributed by atoms with E-state index in [1.165, 1.54) is 35.2 Å². The van der Waals surface area contributed by atoms with Crippen LogP contribution in [0, 0.1) is 0 Å². The van der Waals surface area contributed by atoms with Crippen molar-refractivity contribution in [2.75, 3.05) is 17.7 Å². The normalized spacial score (nSPS) is 11.4. The number of nitrogens with one attached hydrogen (secondary N) is 2. The molecule has 0 saturated carbocycles. The minimum absolute atomic E-state index is 0.0575. The first-order valence-corrected chi connectivity index (χ1v) is 14.5. The standard InChI is InChI=1S/C32H25N3O5S2/c1-40-23-16-14-20(15-17-23)27-19-41-32(34-27)35-30(37)28(21-8-3-2-4-9-21)42-24-11-7-10-22(18-24)33-29(36)25-12-5-6-13-26(25)31(38)39/h2-19,28H,1H3,(H,33,36)(H,38,39)(H,34,35,37). The van der Waals surface area contributed by atoms with Crippen LogP contribution in [0.25, 0.3) is 11.3 Å². The highest BCUT2D eigenvalue weighted by Gasteiger charge is 2.24. The van der Waals surface area contributed by atoms with Crippen LogP contribution >= 0.6 is 23.1 Å². The molecule has 1 aromatic heterocycles. The third-order valence-electron chi connectivity index (χ3n) is 6.21. The number of carboxylic acids is 1. The Balaban J connectivity index is 1.34. The van der Waals surface area contributed by atoms with E-state index < -0.39 is 17.1 Å². The van der Waals surface area contributed by atoms with Gasteiger partial charge in [-0.05, 0) is 60.2 Å². The van der Waals surface area contributed by atoms with Crippen LogP contribution in [0.1, 0.15) is 31.5 Å². The highest BCUT2D eigenvalue weighted by Crippen LogP contribution is 2.38. The van der Waals surface area contributed by atoms with Gasteiger partial charge in [0.2, 0.25) is 5.91 Å². The minimum Gasteiger partial charge on any atom is -0.497 e. The number of amides is 2. The van der Waals surface area contributed by atoms with Gasteiger partial charge in [-0.25, -0.2) is 9.78 Å². The number of anilines is 2. The van der Waals surface area contributed by atoms with Crippen LogP contribution < -0.4 is 15.4 Å². The van der Waals surface area contributed by atoms with Crippen molar-refractivity contribution >= 4 is 51.7 Å². The Morgan fingerprint density at radius 2 is 1.57 bits per heavy atom. The smallest absolute Gasteiger partial charge is 0.336 e. The summed E-state index contributed by atoms with van der Waals surface area (Å²) < 4.78 is 5.22. The molecule has 1 atom stereocenters. The van der Waals surface area contributed by atoms with E-state index in [1.807, 2.05) is 66.0 Å². The fourth-order valence-electron chi connectivity index (χ4n) is 4.15. The van der Waals surface area contributed by atoms with Crippen molar-refractivity contribution in [3.05, 3.63) is 125 Å². The van der Waals surface area contributed by atoms with E-state index in [9.17, 15) is 19.5 Å². The van der Waals surface area contributed by atoms with Crippen molar-refractivity contribution in [3.63, 3.8) is 0 Å². The van der Waals surface area contributed by atoms with Crippen LogP contribution in [0.3, 0.4) is 0 Å². The number of rotatable bonds is 10. The summed E-state index contributed by atoms with van der Waals surface area (Å²) in [6, 6.07) is 30.0. The molecule has 0 fully saturated rings. The molecule has 0 aliphatic heterocycles. The van der Waals surface area contributed by atoms with Crippen molar-refractivity contribution in [2.24, 2.45) is 0 Å². The van der Waals surface area contributed by atoms with Gasteiger partial charge in [-0.3, -0.25) is 9.59 Å². The van der Waals surface area contributed by atoms with Crippen LogP contribution in [-0.4, -0.2) is 35.0 Å². The zero-order valence-corrected chi connectivity index (χ0v) is 23.9. The number of hydrogen-bond donors (Lipinski definition) is 3. The fraction of sp³-hybridized carbons (Fsp3) is 0.0625. The maximum Gasteiger partial charge on any atom is 0.336 e. The number of carbonyl (C=O) groups excluding carboxylic acids is 2. The van der Waals surface area contributed by atoms with Gasteiger partial charge in [0.05, 0.1) is 23.9 Å². The lowest BCUT2D eigenvalue weighted by Gasteiger charge is -2.17. The van der Waals surface area contributed by atoms with Gasteiger partial charge in [0.1, 0.15) is 11.0 Å². The summed E-state index contributed by atoms with van der Waals surface area (Å²) in [6.45, 7) is 0. The summed E-state index contributed by atoms with van der Waals surface area (Å²) in [5.74, 6) is -1.22. The summed E-state index contributed by atoms with van der Waals surface area (Å²) in [5, 5.41) is 16.9. The molecule has 8 nitrogen and oxygen atoms in total. The first kappa shape index (κ1) is 28.6. The van der Waals surface area contributed by atoms with Crippen LogP contribution in [0.2, 0.25) is 0 Å². The quantitative estimate of drug-likeness (QED) is 0.146. The lowest BCUT2D eigenvalue weighted by molar-refractivity contribution is -0.115. The Hall–Kier alpha value is -4.93. The maximum atomic E-state index is 13.6. The molecule has 1 heterocycles. The van der Waals surface area contributed by atoms with Crippen LogP contribution in [0.15, 0.2) is 113 Å². The predicted octanol–water partition coefficient (Wildman–Crippen LogP) is 7.24. The number of ether oxygens (including phenoxy) is 1. The van der Waals surface area contributed by atoms with Crippen LogP contribution in [-0.2, 0) is 4.79 Å². The summed E-state index contributed by atoms with van der Waals surface area (Å²) in [5.41, 5.74) is 2.90. The topological polar surface area (TPSA) is 118 Å². The van der Waals surface area contributed by atoms with Crippen molar-refractivity contribution in [3.8, 4) is 17.0 Å². The second kappa shape index (κ2) is 13.2. The zero-order chi connectivity index (χ0) is 29.5. The van der Waals surface area contributed by atoms with Gasteiger partial charge >= 0.3 is 5.97 Å². The number of carboxylic acid groups (broad SMARTS) is 1. The Bertz CT molecular complexity index is 1720. The number of aromatic nitrogens is 1. The van der Waals surface area contributed by atoms with Gasteiger partial charge in [-0.1, -0.05) is 48.5 Å². The molecule has 0 aliphatic carbocycles. The average molecular weight is 596 g/mol. The number of benzene rings is 4. The number of hydrogen-bond acceptors (Lipinski definition) is 7. The third kappa shape index (κ3) is 6.85. The molecule has 3 N–H and O–H groups in total. The molecule has 0 spiro atoms. The maximum absolute atomic E-state index is 13.6. The Morgan fingerprint density at radius 1 is 0.857 bits per heavy atom. The Kier molecular flexibility index (Phi) is 8.96. The molecule has 0 radical (unpaired) electrons. The Labute approximate surface area is 250 Å². The van der Waals surface area contributed by atoms with E-state index >= 15 is 0 Å². The van der Waals surface area contributed by atoms with Crippen LogP contribution in [0.4, 0.5) is 10.8 Å². The molecule has 210 valence electrons. The highest BCUT2D eigenvalue weighted by molar-refractivity contribution is 8.00. The number of nitrogens with zero attached hydrogens (tertiary/aromatic N) is 1. The molecule has 2 amide bonds. The molecule has 10 heteroatoms. The summed E-state index contributed by atoms with van der Waals surface area (Å²) in [4.78, 5) is 43.4. The zero-order valence-electron chi connectivity index (χ0n) is 22.3. The number of thioether (sulfide) groups is 1. The molecular weight excluding hydrogens is 571 g/mol. The second-order valence-electron chi connectivity index (χ2n) is 9.00. The van der Waals surface area contributed by atoms with E-state index in [-0.39, 0.29) is 17.0 Å². The van der Waals surface area contributed by atoms with E-state index in [0.29, 0.717) is 10.8 Å². The fourth-order valence-corrected chi connectivity index (χ4v) is 5.95. The molecular formula is C32H25N3O5S2. The van der Waals surface area contributed by atoms with Crippen molar-refractivity contribution in [2.45, 2.75) is 10.1 Å². The molecule has 0 bridgehead atoms. The molecule has 42 heavy (non-hydrogen) atoms. The van der Waals surface area contributed by atoms with E-state index in [1.54, 1.807) is 37.4 Å². The van der Waals surface area contributed by atoms with Crippen molar-refractivity contribution in [1.29, 1.82) is 0 Å². The number of methoxy groups -OCH3 is 1. The number of thiazole rings is 1. The molecule has 4 aromatic carbocycles. The number of aromatic carboxylic acids is 1. The van der Waals surface area contributed by atoms with E-state index in [0.717, 1.165) is 27.5 Å². The molecule has 0 aliphatic rings. The highest BCUT2D eigenvalue weighted by atomic mass is 32.2. The van der Waals surface area contributed by atoms with Gasteiger partial charge in [-0.2, -0.15) is 0 Å².